The molecule has 96 valence electrons. The van der Waals surface area contributed by atoms with Gasteiger partial charge in [-0.2, -0.15) is 4.98 Å². The Labute approximate surface area is 109 Å². The molecule has 7 heteroatoms. The van der Waals surface area contributed by atoms with Crippen molar-refractivity contribution in [2.24, 2.45) is 0 Å². The van der Waals surface area contributed by atoms with E-state index in [1.807, 2.05) is 20.8 Å². The van der Waals surface area contributed by atoms with Gasteiger partial charge in [0.25, 0.3) is 0 Å². The molecule has 2 aromatic heterocycles. The van der Waals surface area contributed by atoms with Crippen molar-refractivity contribution in [3.8, 4) is 0 Å². The summed E-state index contributed by atoms with van der Waals surface area (Å²) in [6, 6.07) is 1.73. The first-order valence-electron chi connectivity index (χ1n) is 5.68. The molecule has 0 radical (unpaired) electrons. The summed E-state index contributed by atoms with van der Waals surface area (Å²) in [6.07, 6.45) is 0.759. The maximum absolute atomic E-state index is 5.68. The maximum Gasteiger partial charge on any atom is 0.239 e. The van der Waals surface area contributed by atoms with E-state index in [0.29, 0.717) is 22.7 Å². The molecular weight excluding hydrogens is 250 g/mol. The Bertz CT molecular complexity index is 522. The largest absolute Gasteiger partial charge is 0.384 e. The van der Waals surface area contributed by atoms with Crippen molar-refractivity contribution in [3.63, 3.8) is 0 Å². The number of nitrogens with zero attached hydrogens (tertiary/aromatic N) is 4. The summed E-state index contributed by atoms with van der Waals surface area (Å²) >= 11 is 1.45. The van der Waals surface area contributed by atoms with Crippen LogP contribution in [0.4, 0.5) is 5.82 Å². The molecule has 0 aliphatic heterocycles. The Morgan fingerprint density at radius 2 is 2.17 bits per heavy atom. The van der Waals surface area contributed by atoms with E-state index < -0.39 is 0 Å². The maximum atomic E-state index is 5.68. The highest BCUT2D eigenvalue weighted by Gasteiger charge is 2.16. The van der Waals surface area contributed by atoms with Crippen molar-refractivity contribution in [1.29, 1.82) is 0 Å². The van der Waals surface area contributed by atoms with E-state index in [9.17, 15) is 0 Å². The van der Waals surface area contributed by atoms with Crippen molar-refractivity contribution in [2.75, 3.05) is 5.73 Å². The monoisotopic (exact) mass is 265 g/mol. The number of aryl methyl sites for hydroxylation is 2. The molecule has 0 aromatic carbocycles. The first-order chi connectivity index (χ1) is 8.58. The zero-order valence-electron chi connectivity index (χ0n) is 10.5. The van der Waals surface area contributed by atoms with Crippen LogP contribution >= 0.6 is 11.8 Å². The Morgan fingerprint density at radius 1 is 1.39 bits per heavy atom. The van der Waals surface area contributed by atoms with Gasteiger partial charge in [-0.05, 0) is 13.8 Å². The number of thioether (sulfide) groups is 1. The zero-order chi connectivity index (χ0) is 13.1. The van der Waals surface area contributed by atoms with E-state index >= 15 is 0 Å². The van der Waals surface area contributed by atoms with Crippen LogP contribution in [0.15, 0.2) is 15.7 Å². The number of hydrogen-bond acceptors (Lipinski definition) is 7. The number of rotatable bonds is 4. The second-order valence-electron chi connectivity index (χ2n) is 3.88. The molecule has 6 nitrogen and oxygen atoms in total. The molecule has 18 heavy (non-hydrogen) atoms. The summed E-state index contributed by atoms with van der Waals surface area (Å²) in [5.41, 5.74) is 6.53. The molecule has 0 aliphatic rings. The second-order valence-corrected chi connectivity index (χ2v) is 5.19. The lowest BCUT2D eigenvalue weighted by atomic mass is 10.4. The van der Waals surface area contributed by atoms with Gasteiger partial charge in [0.15, 0.2) is 11.0 Å². The van der Waals surface area contributed by atoms with Gasteiger partial charge in [-0.3, -0.25) is 0 Å². The molecular formula is C11H15N5OS. The van der Waals surface area contributed by atoms with Crippen molar-refractivity contribution >= 4 is 17.6 Å². The van der Waals surface area contributed by atoms with E-state index in [4.69, 9.17) is 10.3 Å². The lowest BCUT2D eigenvalue weighted by molar-refractivity contribution is 0.375. The van der Waals surface area contributed by atoms with Crippen LogP contribution in [0.3, 0.4) is 0 Å². The number of aromatic nitrogens is 4. The van der Waals surface area contributed by atoms with E-state index in [-0.39, 0.29) is 5.25 Å². The minimum absolute atomic E-state index is 0.000926. The van der Waals surface area contributed by atoms with E-state index in [0.717, 1.165) is 12.1 Å². The molecule has 0 saturated carbocycles. The van der Waals surface area contributed by atoms with Gasteiger partial charge in [-0.25, -0.2) is 9.97 Å². The Kier molecular flexibility index (Phi) is 3.81. The lowest BCUT2D eigenvalue weighted by Gasteiger charge is -2.06. The third-order valence-electron chi connectivity index (χ3n) is 2.28. The Balaban J connectivity index is 2.12. The summed E-state index contributed by atoms with van der Waals surface area (Å²) in [4.78, 5) is 12.8. The van der Waals surface area contributed by atoms with Crippen LogP contribution in [0.25, 0.3) is 0 Å². The fourth-order valence-electron chi connectivity index (χ4n) is 1.40. The van der Waals surface area contributed by atoms with Crippen molar-refractivity contribution in [3.05, 3.63) is 23.5 Å². The van der Waals surface area contributed by atoms with Gasteiger partial charge in [-0.1, -0.05) is 23.8 Å². The highest BCUT2D eigenvalue weighted by atomic mass is 32.2. The van der Waals surface area contributed by atoms with Gasteiger partial charge < -0.3 is 10.3 Å². The summed E-state index contributed by atoms with van der Waals surface area (Å²) in [7, 11) is 0. The van der Waals surface area contributed by atoms with Crippen molar-refractivity contribution in [2.45, 2.75) is 37.6 Å². The quantitative estimate of drug-likeness (QED) is 0.669. The zero-order valence-corrected chi connectivity index (χ0v) is 11.4. The average molecular weight is 265 g/mol. The number of nitrogen functional groups attached to an aromatic ring is 1. The first-order valence-corrected chi connectivity index (χ1v) is 6.56. The average Bonchev–Trinajstić information content (AvgIpc) is 2.75. The van der Waals surface area contributed by atoms with Gasteiger partial charge in [0.2, 0.25) is 5.89 Å². The summed E-state index contributed by atoms with van der Waals surface area (Å²) in [5.74, 6) is 1.76. The highest BCUT2D eigenvalue weighted by molar-refractivity contribution is 7.99. The summed E-state index contributed by atoms with van der Waals surface area (Å²) < 4.78 is 5.18. The van der Waals surface area contributed by atoms with Gasteiger partial charge in [0.1, 0.15) is 5.82 Å². The molecule has 1 atom stereocenters. The molecule has 0 aliphatic carbocycles. The number of hydrogen-bond donors (Lipinski definition) is 1. The van der Waals surface area contributed by atoms with Crippen molar-refractivity contribution < 1.29 is 4.52 Å². The van der Waals surface area contributed by atoms with Crippen LogP contribution in [-0.4, -0.2) is 20.1 Å². The van der Waals surface area contributed by atoms with E-state index in [2.05, 4.69) is 20.1 Å². The van der Waals surface area contributed by atoms with Crippen LogP contribution in [0, 0.1) is 6.92 Å². The first kappa shape index (κ1) is 12.8. The molecule has 2 rings (SSSR count). The third-order valence-corrected chi connectivity index (χ3v) is 3.23. The third kappa shape index (κ3) is 2.98. The lowest BCUT2D eigenvalue weighted by Crippen LogP contribution is -1.98. The summed E-state index contributed by atoms with van der Waals surface area (Å²) in [6.45, 7) is 5.84. The normalized spacial score (nSPS) is 12.6. The minimum Gasteiger partial charge on any atom is -0.384 e. The fraction of sp³-hybridized carbons (Fsp3) is 0.455. The molecule has 2 N–H and O–H groups in total. The fourth-order valence-corrected chi connectivity index (χ4v) is 2.27. The van der Waals surface area contributed by atoms with E-state index in [1.54, 1.807) is 6.07 Å². The topological polar surface area (TPSA) is 90.7 Å². The Hall–Kier alpha value is -1.63. The smallest absolute Gasteiger partial charge is 0.239 e. The molecule has 1 unspecified atom stereocenters. The van der Waals surface area contributed by atoms with Crippen LogP contribution < -0.4 is 5.73 Å². The predicted octanol–water partition coefficient (Wildman–Crippen LogP) is 2.17. The second kappa shape index (κ2) is 5.34. The van der Waals surface area contributed by atoms with Crippen LogP contribution in [0.5, 0.6) is 0 Å². The van der Waals surface area contributed by atoms with Crippen molar-refractivity contribution in [1.82, 2.24) is 20.1 Å². The standard InChI is InChI=1S/C11H15N5OS/c1-4-9-15-10(17-16-9)7(3)18-11-13-6(2)5-8(12)14-11/h5,7H,4H2,1-3H3,(H2,12,13,14). The van der Waals surface area contributed by atoms with Gasteiger partial charge in [-0.15, -0.1) is 0 Å². The Morgan fingerprint density at radius 3 is 2.78 bits per heavy atom. The number of nitrogens with two attached hydrogens (primary N) is 1. The molecule has 0 saturated heterocycles. The van der Waals surface area contributed by atoms with Gasteiger partial charge >= 0.3 is 0 Å². The molecule has 2 aromatic rings. The van der Waals surface area contributed by atoms with Gasteiger partial charge in [0.05, 0.1) is 5.25 Å². The highest BCUT2D eigenvalue weighted by Crippen LogP contribution is 2.32. The molecule has 0 fully saturated rings. The molecule has 2 heterocycles. The van der Waals surface area contributed by atoms with Crippen LogP contribution in [-0.2, 0) is 6.42 Å². The summed E-state index contributed by atoms with van der Waals surface area (Å²) in [5, 5.41) is 4.49. The van der Waals surface area contributed by atoms with Crippen LogP contribution in [0.1, 0.15) is 36.5 Å². The molecule has 0 amide bonds. The molecule has 0 spiro atoms. The molecule has 0 bridgehead atoms. The number of anilines is 1. The van der Waals surface area contributed by atoms with E-state index in [1.165, 1.54) is 11.8 Å². The van der Waals surface area contributed by atoms with Crippen LogP contribution in [0.2, 0.25) is 0 Å². The SMILES string of the molecule is CCc1noc(C(C)Sc2nc(C)cc(N)n2)n1. The minimum atomic E-state index is -0.000926. The predicted molar refractivity (Wildman–Crippen MR) is 69.1 cm³/mol. The van der Waals surface area contributed by atoms with Gasteiger partial charge in [0, 0.05) is 18.2 Å².